The first-order valence-electron chi connectivity index (χ1n) is 9.92. The molecule has 8 nitrogen and oxygen atoms in total. The number of aromatic nitrogens is 1. The van der Waals surface area contributed by atoms with Gasteiger partial charge in [0.1, 0.15) is 5.69 Å². The molecular weight excluding hydrogens is 476 g/mol. The Morgan fingerprint density at radius 1 is 1.15 bits per heavy atom. The Morgan fingerprint density at radius 3 is 2.61 bits per heavy atom. The van der Waals surface area contributed by atoms with Crippen molar-refractivity contribution in [3.63, 3.8) is 0 Å². The predicted octanol–water partition coefficient (Wildman–Crippen LogP) is 4.41. The fourth-order valence-electron chi connectivity index (χ4n) is 3.54. The lowest BCUT2D eigenvalue weighted by Crippen LogP contribution is -2.48. The third kappa shape index (κ3) is 5.44. The van der Waals surface area contributed by atoms with Crippen molar-refractivity contribution in [1.29, 1.82) is 0 Å². The lowest BCUT2D eigenvalue weighted by molar-refractivity contribution is -0.384. The Kier molecular flexibility index (Phi) is 6.82. The summed E-state index contributed by atoms with van der Waals surface area (Å²) in [6.45, 7) is 2.27. The molecule has 1 aromatic heterocycles. The van der Waals surface area contributed by atoms with E-state index in [0.29, 0.717) is 53.3 Å². The SMILES string of the molecule is O=C(CN1CCN(c2ccc(Cl)cc2[N+](=O)[O-])CC1)Nc1nc(-c2ccc(F)c(F)c2)cs1. The first-order valence-corrected chi connectivity index (χ1v) is 11.2. The average Bonchev–Trinajstić information content (AvgIpc) is 3.24. The van der Waals surface area contributed by atoms with Crippen LogP contribution in [0.1, 0.15) is 0 Å². The number of nitro benzene ring substituents is 1. The van der Waals surface area contributed by atoms with Crippen LogP contribution in [-0.2, 0) is 4.79 Å². The Bertz CT molecular complexity index is 1200. The van der Waals surface area contributed by atoms with E-state index in [4.69, 9.17) is 11.6 Å². The molecule has 0 spiro atoms. The highest BCUT2D eigenvalue weighted by Gasteiger charge is 2.25. The van der Waals surface area contributed by atoms with Gasteiger partial charge in [0.05, 0.1) is 17.2 Å². The van der Waals surface area contributed by atoms with Crippen molar-refractivity contribution in [2.45, 2.75) is 0 Å². The molecule has 0 radical (unpaired) electrons. The van der Waals surface area contributed by atoms with Gasteiger partial charge in [-0.25, -0.2) is 13.8 Å². The van der Waals surface area contributed by atoms with E-state index in [-0.39, 0.29) is 18.1 Å². The number of thiazole rings is 1. The van der Waals surface area contributed by atoms with Gasteiger partial charge in [-0.2, -0.15) is 0 Å². The molecule has 0 bridgehead atoms. The molecule has 3 aromatic rings. The van der Waals surface area contributed by atoms with Crippen molar-refractivity contribution in [3.05, 3.63) is 68.5 Å². The third-order valence-electron chi connectivity index (χ3n) is 5.18. The van der Waals surface area contributed by atoms with Gasteiger partial charge in [0.15, 0.2) is 16.8 Å². The summed E-state index contributed by atoms with van der Waals surface area (Å²) in [5.74, 6) is -2.16. The molecular formula is C21H18ClF2N5O3S. The van der Waals surface area contributed by atoms with E-state index >= 15 is 0 Å². The maximum atomic E-state index is 13.4. The minimum absolute atomic E-state index is 0.0469. The van der Waals surface area contributed by atoms with Gasteiger partial charge in [-0.15, -0.1) is 11.3 Å². The van der Waals surface area contributed by atoms with Crippen LogP contribution >= 0.6 is 22.9 Å². The van der Waals surface area contributed by atoms with Crippen LogP contribution in [0.2, 0.25) is 5.02 Å². The number of amides is 1. The number of piperazine rings is 1. The second-order valence-corrected chi connectivity index (χ2v) is 8.66. The number of hydrogen-bond donors (Lipinski definition) is 1. The van der Waals surface area contributed by atoms with Gasteiger partial charge in [0.2, 0.25) is 5.91 Å². The largest absolute Gasteiger partial charge is 0.363 e. The summed E-state index contributed by atoms with van der Waals surface area (Å²) in [4.78, 5) is 31.4. The number of nitrogens with one attached hydrogen (secondary N) is 1. The van der Waals surface area contributed by atoms with Crippen LogP contribution < -0.4 is 10.2 Å². The van der Waals surface area contributed by atoms with E-state index in [0.717, 1.165) is 12.1 Å². The number of carbonyl (C=O) groups is 1. The van der Waals surface area contributed by atoms with Crippen molar-refractivity contribution in [2.75, 3.05) is 42.9 Å². The summed E-state index contributed by atoms with van der Waals surface area (Å²) in [6.07, 6.45) is 0. The standard InChI is InChI=1S/C21H18ClF2N5O3S/c22-14-2-4-18(19(10-14)29(31)32)28-7-5-27(6-8-28)11-20(30)26-21-25-17(12-33-21)13-1-3-15(23)16(24)9-13/h1-4,9-10,12H,5-8,11H2,(H,25,26,30). The topological polar surface area (TPSA) is 91.6 Å². The summed E-state index contributed by atoms with van der Waals surface area (Å²) in [5, 5.41) is 16.4. The summed E-state index contributed by atoms with van der Waals surface area (Å²) in [5.41, 5.74) is 1.31. The number of carbonyl (C=O) groups excluding carboxylic acids is 1. The Labute approximate surface area is 196 Å². The van der Waals surface area contributed by atoms with Crippen LogP contribution in [0.25, 0.3) is 11.3 Å². The van der Waals surface area contributed by atoms with Crippen molar-refractivity contribution >= 4 is 45.4 Å². The number of anilines is 2. The molecule has 33 heavy (non-hydrogen) atoms. The quantitative estimate of drug-likeness (QED) is 0.404. The van der Waals surface area contributed by atoms with Crippen LogP contribution in [0.3, 0.4) is 0 Å². The highest BCUT2D eigenvalue weighted by atomic mass is 35.5. The molecule has 172 valence electrons. The first kappa shape index (κ1) is 23.0. The molecule has 0 unspecified atom stereocenters. The fourth-order valence-corrected chi connectivity index (χ4v) is 4.44. The molecule has 0 atom stereocenters. The summed E-state index contributed by atoms with van der Waals surface area (Å²) >= 11 is 7.07. The molecule has 2 aromatic carbocycles. The van der Waals surface area contributed by atoms with Gasteiger partial charge in [-0.1, -0.05) is 11.6 Å². The van der Waals surface area contributed by atoms with Crippen molar-refractivity contribution in [3.8, 4) is 11.3 Å². The fraction of sp³-hybridized carbons (Fsp3) is 0.238. The van der Waals surface area contributed by atoms with Crippen LogP contribution in [0.15, 0.2) is 41.8 Å². The van der Waals surface area contributed by atoms with E-state index in [1.807, 2.05) is 9.80 Å². The van der Waals surface area contributed by atoms with Crippen molar-refractivity contribution in [2.24, 2.45) is 0 Å². The number of benzene rings is 2. The normalized spacial score (nSPS) is 14.3. The monoisotopic (exact) mass is 493 g/mol. The van der Waals surface area contributed by atoms with Gasteiger partial charge < -0.3 is 10.2 Å². The molecule has 1 amide bonds. The maximum absolute atomic E-state index is 13.4. The van der Waals surface area contributed by atoms with E-state index in [1.165, 1.54) is 23.5 Å². The number of nitrogens with zero attached hydrogens (tertiary/aromatic N) is 4. The molecule has 0 saturated carbocycles. The van der Waals surface area contributed by atoms with Gasteiger partial charge in [-0.05, 0) is 30.3 Å². The van der Waals surface area contributed by atoms with Crippen molar-refractivity contribution in [1.82, 2.24) is 9.88 Å². The van der Waals surface area contributed by atoms with Crippen LogP contribution in [-0.4, -0.2) is 53.4 Å². The van der Waals surface area contributed by atoms with Crippen LogP contribution in [0.4, 0.5) is 25.3 Å². The maximum Gasteiger partial charge on any atom is 0.294 e. The van der Waals surface area contributed by atoms with Crippen molar-refractivity contribution < 1.29 is 18.5 Å². The molecule has 1 aliphatic heterocycles. The number of halogens is 3. The lowest BCUT2D eigenvalue weighted by atomic mass is 10.2. The molecule has 1 saturated heterocycles. The van der Waals surface area contributed by atoms with Gasteiger partial charge in [-0.3, -0.25) is 19.8 Å². The number of rotatable bonds is 6. The Balaban J connectivity index is 1.32. The van der Waals surface area contributed by atoms with Crippen LogP contribution in [0.5, 0.6) is 0 Å². The average molecular weight is 494 g/mol. The van der Waals surface area contributed by atoms with E-state index in [1.54, 1.807) is 17.5 Å². The highest BCUT2D eigenvalue weighted by Crippen LogP contribution is 2.31. The molecule has 1 N–H and O–H groups in total. The Hall–Kier alpha value is -3.15. The minimum atomic E-state index is -0.964. The molecule has 12 heteroatoms. The predicted molar refractivity (Wildman–Crippen MR) is 123 cm³/mol. The van der Waals surface area contributed by atoms with Gasteiger partial charge in [0, 0.05) is 48.2 Å². The molecule has 1 aliphatic rings. The van der Waals surface area contributed by atoms with Crippen LogP contribution in [0, 0.1) is 21.7 Å². The second-order valence-electron chi connectivity index (χ2n) is 7.37. The molecule has 2 heterocycles. The summed E-state index contributed by atoms with van der Waals surface area (Å²) in [6, 6.07) is 8.09. The van der Waals surface area contributed by atoms with E-state index in [2.05, 4.69) is 10.3 Å². The zero-order valence-corrected chi connectivity index (χ0v) is 18.7. The second kappa shape index (κ2) is 9.77. The number of hydrogen-bond acceptors (Lipinski definition) is 7. The highest BCUT2D eigenvalue weighted by molar-refractivity contribution is 7.14. The minimum Gasteiger partial charge on any atom is -0.363 e. The molecule has 0 aliphatic carbocycles. The molecule has 4 rings (SSSR count). The third-order valence-corrected chi connectivity index (χ3v) is 6.17. The summed E-state index contributed by atoms with van der Waals surface area (Å²) < 4.78 is 26.6. The molecule has 1 fully saturated rings. The first-order chi connectivity index (χ1) is 15.8. The lowest BCUT2D eigenvalue weighted by Gasteiger charge is -2.35. The zero-order chi connectivity index (χ0) is 23.5. The van der Waals surface area contributed by atoms with E-state index < -0.39 is 16.6 Å². The smallest absolute Gasteiger partial charge is 0.294 e. The van der Waals surface area contributed by atoms with Gasteiger partial charge in [0.25, 0.3) is 5.69 Å². The zero-order valence-electron chi connectivity index (χ0n) is 17.1. The summed E-state index contributed by atoms with van der Waals surface area (Å²) in [7, 11) is 0. The Morgan fingerprint density at radius 2 is 1.91 bits per heavy atom. The van der Waals surface area contributed by atoms with Gasteiger partial charge >= 0.3 is 0 Å². The number of nitro groups is 1. The van der Waals surface area contributed by atoms with E-state index in [9.17, 15) is 23.7 Å².